The molecule has 56 valence electrons. The van der Waals surface area contributed by atoms with E-state index in [9.17, 15) is 8.42 Å². The third kappa shape index (κ3) is 1.45. The number of hydrogen-bond donors (Lipinski definition) is 1. The Morgan fingerprint density at radius 1 is 1.70 bits per heavy atom. The van der Waals surface area contributed by atoms with Gasteiger partial charge in [-0.2, -0.15) is 0 Å². The molecule has 0 saturated carbocycles. The second kappa shape index (κ2) is 2.21. The zero-order chi connectivity index (χ0) is 7.78. The van der Waals surface area contributed by atoms with Gasteiger partial charge in [0.25, 0.3) is 0 Å². The first-order chi connectivity index (χ1) is 4.50. The molecule has 4 nitrogen and oxygen atoms in total. The molecule has 0 atom stereocenters. The van der Waals surface area contributed by atoms with E-state index < -0.39 is 9.84 Å². The van der Waals surface area contributed by atoms with E-state index in [0.717, 1.165) is 17.6 Å². The molecular formula is C4H6N2O2S2. The minimum Gasteiger partial charge on any atom is -0.383 e. The molecule has 0 unspecified atom stereocenters. The maximum absolute atomic E-state index is 10.7. The van der Waals surface area contributed by atoms with Gasteiger partial charge in [0.15, 0.2) is 0 Å². The van der Waals surface area contributed by atoms with Crippen LogP contribution >= 0.6 is 11.3 Å². The molecule has 1 aromatic heterocycles. The molecule has 10 heavy (non-hydrogen) atoms. The molecule has 0 spiro atoms. The molecule has 0 aliphatic carbocycles. The summed E-state index contributed by atoms with van der Waals surface area (Å²) < 4.78 is 21.6. The molecule has 0 saturated heterocycles. The number of rotatable bonds is 1. The zero-order valence-electron chi connectivity index (χ0n) is 5.23. The number of nitrogen functional groups attached to an aromatic ring is 1. The summed E-state index contributed by atoms with van der Waals surface area (Å²) >= 11 is 1.03. The van der Waals surface area contributed by atoms with Gasteiger partial charge in [0.05, 0.1) is 0 Å². The van der Waals surface area contributed by atoms with Gasteiger partial charge in [-0.1, -0.05) is 0 Å². The molecule has 0 fully saturated rings. The SMILES string of the molecule is CS(=O)(=O)c1nc(N)cs1. The van der Waals surface area contributed by atoms with Gasteiger partial charge in [-0.15, -0.1) is 11.3 Å². The molecule has 1 aromatic rings. The first-order valence-electron chi connectivity index (χ1n) is 2.41. The molecule has 6 heteroatoms. The second-order valence-corrected chi connectivity index (χ2v) is 4.86. The van der Waals surface area contributed by atoms with E-state index >= 15 is 0 Å². The fourth-order valence-corrected chi connectivity index (χ4v) is 1.99. The van der Waals surface area contributed by atoms with Crippen LogP contribution in [-0.4, -0.2) is 19.7 Å². The van der Waals surface area contributed by atoms with Crippen LogP contribution in [0.4, 0.5) is 5.82 Å². The van der Waals surface area contributed by atoms with Gasteiger partial charge in [0.1, 0.15) is 5.82 Å². The van der Waals surface area contributed by atoms with Crippen molar-refractivity contribution in [1.29, 1.82) is 0 Å². The van der Waals surface area contributed by atoms with Crippen LogP contribution in [0, 0.1) is 0 Å². The van der Waals surface area contributed by atoms with Gasteiger partial charge < -0.3 is 5.73 Å². The molecule has 0 radical (unpaired) electrons. The summed E-state index contributed by atoms with van der Waals surface area (Å²) in [4.78, 5) is 3.59. The van der Waals surface area contributed by atoms with E-state index in [2.05, 4.69) is 4.98 Å². The van der Waals surface area contributed by atoms with E-state index in [1.165, 1.54) is 5.38 Å². The maximum atomic E-state index is 10.7. The van der Waals surface area contributed by atoms with Crippen molar-refractivity contribution in [3.63, 3.8) is 0 Å². The first-order valence-corrected chi connectivity index (χ1v) is 5.18. The third-order valence-electron chi connectivity index (χ3n) is 0.818. The lowest BCUT2D eigenvalue weighted by Crippen LogP contribution is -1.96. The molecule has 0 aliphatic heterocycles. The fraction of sp³-hybridized carbons (Fsp3) is 0.250. The molecule has 0 aromatic carbocycles. The molecule has 1 rings (SSSR count). The van der Waals surface area contributed by atoms with Crippen LogP contribution in [0.25, 0.3) is 0 Å². The Labute approximate surface area is 62.6 Å². The number of nitrogens with zero attached hydrogens (tertiary/aromatic N) is 1. The van der Waals surface area contributed by atoms with Crippen molar-refractivity contribution in [2.75, 3.05) is 12.0 Å². The Kier molecular flexibility index (Phi) is 1.65. The van der Waals surface area contributed by atoms with Gasteiger partial charge in [-0.3, -0.25) is 0 Å². The van der Waals surface area contributed by atoms with Crippen LogP contribution in [0.15, 0.2) is 9.72 Å². The standard InChI is InChI=1S/C4H6N2O2S2/c1-10(7,8)4-6-3(5)2-9-4/h2H,5H2,1H3. The number of aromatic nitrogens is 1. The van der Waals surface area contributed by atoms with Crippen molar-refractivity contribution in [2.45, 2.75) is 4.34 Å². The Balaban J connectivity index is 3.21. The van der Waals surface area contributed by atoms with Crippen LogP contribution in [-0.2, 0) is 9.84 Å². The van der Waals surface area contributed by atoms with Crippen LogP contribution < -0.4 is 5.73 Å². The highest BCUT2D eigenvalue weighted by Gasteiger charge is 2.10. The largest absolute Gasteiger partial charge is 0.383 e. The number of hydrogen-bond acceptors (Lipinski definition) is 5. The Hall–Kier alpha value is -0.620. The fourth-order valence-electron chi connectivity index (χ4n) is 0.439. The minimum absolute atomic E-state index is 0.0741. The summed E-state index contributed by atoms with van der Waals surface area (Å²) in [6, 6.07) is 0. The van der Waals surface area contributed by atoms with Gasteiger partial charge >= 0.3 is 0 Å². The van der Waals surface area contributed by atoms with E-state index in [0.29, 0.717) is 0 Å². The summed E-state index contributed by atoms with van der Waals surface area (Å²) in [7, 11) is -3.15. The smallest absolute Gasteiger partial charge is 0.210 e. The van der Waals surface area contributed by atoms with Gasteiger partial charge in [0.2, 0.25) is 14.2 Å². The normalized spacial score (nSPS) is 11.7. The van der Waals surface area contributed by atoms with Crippen molar-refractivity contribution >= 4 is 27.0 Å². The van der Waals surface area contributed by atoms with Crippen LogP contribution in [0.5, 0.6) is 0 Å². The second-order valence-electron chi connectivity index (χ2n) is 1.81. The number of thiazole rings is 1. The van der Waals surface area contributed by atoms with Gasteiger partial charge in [-0.25, -0.2) is 13.4 Å². The maximum Gasteiger partial charge on any atom is 0.210 e. The summed E-state index contributed by atoms with van der Waals surface area (Å²) in [6.07, 6.45) is 1.10. The van der Waals surface area contributed by atoms with Crippen molar-refractivity contribution in [3.8, 4) is 0 Å². The van der Waals surface area contributed by atoms with E-state index in [4.69, 9.17) is 5.73 Å². The van der Waals surface area contributed by atoms with Crippen molar-refractivity contribution in [1.82, 2.24) is 4.98 Å². The Morgan fingerprint density at radius 2 is 2.30 bits per heavy atom. The predicted octanol–water partition coefficient (Wildman–Crippen LogP) is 0.129. The number of nitrogens with two attached hydrogens (primary N) is 1. The zero-order valence-corrected chi connectivity index (χ0v) is 6.87. The lowest BCUT2D eigenvalue weighted by atomic mass is 10.9. The summed E-state index contributed by atoms with van der Waals surface area (Å²) in [6.45, 7) is 0. The van der Waals surface area contributed by atoms with Crippen molar-refractivity contribution < 1.29 is 8.42 Å². The Morgan fingerprint density at radius 3 is 2.50 bits per heavy atom. The lowest BCUT2D eigenvalue weighted by molar-refractivity contribution is 0.601. The third-order valence-corrected chi connectivity index (χ3v) is 3.39. The van der Waals surface area contributed by atoms with Gasteiger partial charge in [0, 0.05) is 11.6 Å². The van der Waals surface area contributed by atoms with Crippen LogP contribution in [0.3, 0.4) is 0 Å². The highest BCUT2D eigenvalue weighted by molar-refractivity contribution is 7.92. The van der Waals surface area contributed by atoms with E-state index in [-0.39, 0.29) is 10.2 Å². The highest BCUT2D eigenvalue weighted by atomic mass is 32.2. The summed E-state index contributed by atoms with van der Waals surface area (Å²) in [5.74, 6) is 0.255. The molecule has 0 aliphatic rings. The minimum atomic E-state index is -3.15. The van der Waals surface area contributed by atoms with Gasteiger partial charge in [-0.05, 0) is 0 Å². The number of anilines is 1. The van der Waals surface area contributed by atoms with Crippen LogP contribution in [0.1, 0.15) is 0 Å². The topological polar surface area (TPSA) is 73.0 Å². The summed E-state index contributed by atoms with van der Waals surface area (Å²) in [5, 5.41) is 1.50. The highest BCUT2D eigenvalue weighted by Crippen LogP contribution is 2.15. The Bertz CT molecular complexity index is 327. The molecule has 2 N–H and O–H groups in total. The number of sulfone groups is 1. The molecular weight excluding hydrogens is 172 g/mol. The first kappa shape index (κ1) is 7.49. The molecule has 0 bridgehead atoms. The predicted molar refractivity (Wildman–Crippen MR) is 39.6 cm³/mol. The van der Waals surface area contributed by atoms with Crippen molar-refractivity contribution in [2.24, 2.45) is 0 Å². The summed E-state index contributed by atoms with van der Waals surface area (Å²) in [5.41, 5.74) is 5.21. The van der Waals surface area contributed by atoms with Crippen molar-refractivity contribution in [3.05, 3.63) is 5.38 Å². The lowest BCUT2D eigenvalue weighted by Gasteiger charge is -1.85. The average Bonchev–Trinajstić information content (AvgIpc) is 2.11. The monoisotopic (exact) mass is 178 g/mol. The van der Waals surface area contributed by atoms with E-state index in [1.54, 1.807) is 0 Å². The molecule has 1 heterocycles. The quantitative estimate of drug-likeness (QED) is 0.663. The molecule has 0 amide bonds. The van der Waals surface area contributed by atoms with Crippen LogP contribution in [0.2, 0.25) is 0 Å². The average molecular weight is 178 g/mol. The van der Waals surface area contributed by atoms with E-state index in [1.807, 2.05) is 0 Å².